The van der Waals surface area contributed by atoms with Crippen LogP contribution in [0, 0.1) is 18.3 Å². The van der Waals surface area contributed by atoms with Crippen molar-refractivity contribution in [2.75, 3.05) is 17.7 Å². The molecular weight excluding hydrogens is 420 g/mol. The van der Waals surface area contributed by atoms with Crippen molar-refractivity contribution in [2.45, 2.75) is 39.5 Å². The Morgan fingerprint density at radius 3 is 2.80 bits per heavy atom. The lowest BCUT2D eigenvalue weighted by atomic mass is 9.95. The molecule has 0 fully saturated rings. The van der Waals surface area contributed by atoms with Crippen LogP contribution >= 0.6 is 22.7 Å². The Labute approximate surface area is 181 Å². The summed E-state index contributed by atoms with van der Waals surface area (Å²) < 4.78 is 5.04. The summed E-state index contributed by atoms with van der Waals surface area (Å²) in [5.41, 5.74) is 9.72. The Morgan fingerprint density at radius 1 is 1.30 bits per heavy atom. The summed E-state index contributed by atoms with van der Waals surface area (Å²) in [5.74, 6) is -0.921. The summed E-state index contributed by atoms with van der Waals surface area (Å²) in [4.78, 5) is 31.3. The average Bonchev–Trinajstić information content (AvgIpc) is 3.22. The van der Waals surface area contributed by atoms with Gasteiger partial charge in [0.05, 0.1) is 17.9 Å². The number of amides is 1. The fourth-order valence-corrected chi connectivity index (χ4v) is 5.65. The minimum absolute atomic E-state index is 0.231. The van der Waals surface area contributed by atoms with E-state index in [9.17, 15) is 14.9 Å². The number of carbonyl (C=O) groups excluding carboxylic acids is 2. The van der Waals surface area contributed by atoms with Crippen molar-refractivity contribution in [1.29, 1.82) is 5.26 Å². The molecule has 1 aliphatic carbocycles. The van der Waals surface area contributed by atoms with Gasteiger partial charge in [0, 0.05) is 11.1 Å². The SMILES string of the molecule is CCOC(=O)c1sc(NC(=O)c2sc3nc4c(cc3c2N)CCCC4)c(C#N)c1C. The number of thiophene rings is 2. The maximum absolute atomic E-state index is 13.0. The molecule has 9 heteroatoms. The van der Waals surface area contributed by atoms with Gasteiger partial charge >= 0.3 is 5.97 Å². The van der Waals surface area contributed by atoms with Gasteiger partial charge in [-0.1, -0.05) is 0 Å². The monoisotopic (exact) mass is 440 g/mol. The summed E-state index contributed by atoms with van der Waals surface area (Å²) in [5, 5.41) is 13.4. The zero-order chi connectivity index (χ0) is 21.4. The first-order chi connectivity index (χ1) is 14.4. The number of aryl methyl sites for hydroxylation is 2. The molecule has 30 heavy (non-hydrogen) atoms. The number of nitrogens with two attached hydrogens (primary N) is 1. The maximum atomic E-state index is 13.0. The lowest BCUT2D eigenvalue weighted by Crippen LogP contribution is -2.11. The number of pyridine rings is 1. The van der Waals surface area contributed by atoms with Gasteiger partial charge in [-0.3, -0.25) is 4.79 Å². The first kappa shape index (κ1) is 20.3. The molecule has 1 amide bonds. The van der Waals surface area contributed by atoms with Crippen LogP contribution in [0.2, 0.25) is 0 Å². The van der Waals surface area contributed by atoms with Crippen molar-refractivity contribution in [1.82, 2.24) is 4.98 Å². The summed E-state index contributed by atoms with van der Waals surface area (Å²) in [6.07, 6.45) is 4.18. The molecule has 3 N–H and O–H groups in total. The molecule has 3 aromatic rings. The number of fused-ring (bicyclic) bond motifs is 2. The molecule has 0 spiro atoms. The predicted octanol–water partition coefficient (Wildman–Crippen LogP) is 4.43. The lowest BCUT2D eigenvalue weighted by molar-refractivity contribution is 0.0531. The molecule has 1 aliphatic rings. The van der Waals surface area contributed by atoms with Crippen molar-refractivity contribution >= 4 is 55.5 Å². The third-order valence-corrected chi connectivity index (χ3v) is 7.45. The van der Waals surface area contributed by atoms with Gasteiger partial charge in [0.1, 0.15) is 25.7 Å². The van der Waals surface area contributed by atoms with Crippen molar-refractivity contribution in [2.24, 2.45) is 0 Å². The Bertz CT molecular complexity index is 1220. The Morgan fingerprint density at radius 2 is 2.07 bits per heavy atom. The number of rotatable bonds is 4. The van der Waals surface area contributed by atoms with E-state index in [1.165, 1.54) is 16.9 Å². The number of hydrogen-bond acceptors (Lipinski definition) is 8. The molecule has 7 nitrogen and oxygen atoms in total. The van der Waals surface area contributed by atoms with Crippen LogP contribution in [0.25, 0.3) is 10.2 Å². The van der Waals surface area contributed by atoms with Crippen LogP contribution in [0.1, 0.15) is 61.5 Å². The number of aromatic nitrogens is 1. The van der Waals surface area contributed by atoms with Crippen molar-refractivity contribution in [3.05, 3.63) is 38.2 Å². The highest BCUT2D eigenvalue weighted by Crippen LogP contribution is 2.38. The smallest absolute Gasteiger partial charge is 0.348 e. The molecule has 0 aromatic carbocycles. The number of ether oxygens (including phenoxy) is 1. The number of hydrogen-bond donors (Lipinski definition) is 2. The molecule has 154 valence electrons. The van der Waals surface area contributed by atoms with E-state index in [2.05, 4.69) is 11.4 Å². The van der Waals surface area contributed by atoms with Gasteiger partial charge in [0.15, 0.2) is 0 Å². The maximum Gasteiger partial charge on any atom is 0.348 e. The van der Waals surface area contributed by atoms with Gasteiger partial charge in [-0.05, 0) is 56.7 Å². The highest BCUT2D eigenvalue weighted by Gasteiger charge is 2.25. The number of carbonyl (C=O) groups is 2. The number of nitrogens with one attached hydrogen (secondary N) is 1. The van der Waals surface area contributed by atoms with Gasteiger partial charge in [-0.15, -0.1) is 22.7 Å². The fourth-order valence-electron chi connectivity index (χ4n) is 3.62. The summed E-state index contributed by atoms with van der Waals surface area (Å²) in [6, 6.07) is 4.11. The molecule has 3 heterocycles. The second kappa shape index (κ2) is 8.05. The minimum atomic E-state index is -0.506. The van der Waals surface area contributed by atoms with E-state index in [-0.39, 0.29) is 12.2 Å². The van der Waals surface area contributed by atoms with E-state index >= 15 is 0 Å². The standard InChI is InChI=1S/C21H20N4O3S2/c1-3-28-21(27)16-10(2)13(9-22)20(29-16)25-18(26)17-15(23)12-8-11-6-4-5-7-14(11)24-19(12)30-17/h8H,3-7,23H2,1-2H3,(H,25,26). The van der Waals surface area contributed by atoms with Crippen LogP contribution in [-0.2, 0) is 17.6 Å². The Hall–Kier alpha value is -2.96. The minimum Gasteiger partial charge on any atom is -0.462 e. The van der Waals surface area contributed by atoms with E-state index in [1.807, 2.05) is 6.07 Å². The van der Waals surface area contributed by atoms with E-state index in [4.69, 9.17) is 15.5 Å². The number of nitriles is 1. The van der Waals surface area contributed by atoms with Crippen molar-refractivity contribution < 1.29 is 14.3 Å². The second-order valence-corrected chi connectivity index (χ2v) is 9.07. The molecule has 0 unspecified atom stereocenters. The van der Waals surface area contributed by atoms with E-state index in [0.29, 0.717) is 26.0 Å². The van der Waals surface area contributed by atoms with Gasteiger partial charge in [0.25, 0.3) is 5.91 Å². The van der Waals surface area contributed by atoms with Crippen LogP contribution in [0.15, 0.2) is 6.07 Å². The van der Waals surface area contributed by atoms with Crippen LogP contribution in [0.5, 0.6) is 0 Å². The molecule has 0 aliphatic heterocycles. The highest BCUT2D eigenvalue weighted by molar-refractivity contribution is 7.21. The first-order valence-corrected chi connectivity index (χ1v) is 11.3. The van der Waals surface area contributed by atoms with Crippen LogP contribution < -0.4 is 11.1 Å². The molecule has 0 bridgehead atoms. The molecule has 4 rings (SSSR count). The topological polar surface area (TPSA) is 118 Å². The van der Waals surface area contributed by atoms with Crippen LogP contribution in [-0.4, -0.2) is 23.5 Å². The predicted molar refractivity (Wildman–Crippen MR) is 118 cm³/mol. The molecule has 0 radical (unpaired) electrons. The van der Waals surface area contributed by atoms with Crippen molar-refractivity contribution in [3.8, 4) is 6.07 Å². The van der Waals surface area contributed by atoms with Crippen molar-refractivity contribution in [3.63, 3.8) is 0 Å². The molecule has 0 saturated carbocycles. The van der Waals surface area contributed by atoms with Gasteiger partial charge < -0.3 is 15.8 Å². The highest BCUT2D eigenvalue weighted by atomic mass is 32.1. The zero-order valence-corrected chi connectivity index (χ0v) is 18.3. The van der Waals surface area contributed by atoms with Gasteiger partial charge in [-0.2, -0.15) is 5.26 Å². The summed E-state index contributed by atoms with van der Waals surface area (Å²) in [7, 11) is 0. The Kier molecular flexibility index (Phi) is 5.45. The normalized spacial score (nSPS) is 13.0. The number of nitrogen functional groups attached to an aromatic ring is 1. The number of nitrogens with zero attached hydrogens (tertiary/aromatic N) is 2. The quantitative estimate of drug-likeness (QED) is 0.580. The lowest BCUT2D eigenvalue weighted by Gasteiger charge is -2.14. The number of anilines is 2. The first-order valence-electron chi connectivity index (χ1n) is 9.67. The number of esters is 1. The fraction of sp³-hybridized carbons (Fsp3) is 0.333. The van der Waals surface area contributed by atoms with Gasteiger partial charge in [-0.25, -0.2) is 9.78 Å². The largest absolute Gasteiger partial charge is 0.462 e. The summed E-state index contributed by atoms with van der Waals surface area (Å²) in [6.45, 7) is 3.61. The van der Waals surface area contributed by atoms with Gasteiger partial charge in [0.2, 0.25) is 0 Å². The average molecular weight is 441 g/mol. The molecule has 0 atom stereocenters. The molecular formula is C21H20N4O3S2. The Balaban J connectivity index is 1.68. The van der Waals surface area contributed by atoms with E-state index < -0.39 is 11.9 Å². The van der Waals surface area contributed by atoms with Crippen LogP contribution in [0.4, 0.5) is 10.7 Å². The van der Waals surface area contributed by atoms with E-state index in [0.717, 1.165) is 52.9 Å². The van der Waals surface area contributed by atoms with E-state index in [1.54, 1.807) is 13.8 Å². The van der Waals surface area contributed by atoms with Crippen LogP contribution in [0.3, 0.4) is 0 Å². The summed E-state index contributed by atoms with van der Waals surface area (Å²) >= 11 is 2.28. The third-order valence-electron chi connectivity index (χ3n) is 5.15. The molecule has 0 saturated heterocycles. The molecule has 3 aromatic heterocycles. The third kappa shape index (κ3) is 3.42. The second-order valence-electron chi connectivity index (χ2n) is 7.05. The zero-order valence-electron chi connectivity index (χ0n) is 16.6.